The van der Waals surface area contributed by atoms with E-state index in [9.17, 15) is 4.79 Å². The third-order valence-corrected chi connectivity index (χ3v) is 5.05. The molecule has 20 heavy (non-hydrogen) atoms. The third-order valence-electron chi connectivity index (χ3n) is 4.42. The van der Waals surface area contributed by atoms with Crippen molar-refractivity contribution < 1.29 is 9.21 Å². The van der Waals surface area contributed by atoms with Crippen LogP contribution in [-0.4, -0.2) is 29.4 Å². The molecule has 2 fully saturated rings. The number of piperidine rings is 1. The highest BCUT2D eigenvalue weighted by atomic mass is 79.9. The number of likely N-dealkylation sites (tertiary alicyclic amines) is 1. The molecule has 104 valence electrons. The van der Waals surface area contributed by atoms with Gasteiger partial charge in [0.05, 0.1) is 4.47 Å². The summed E-state index contributed by atoms with van der Waals surface area (Å²) in [5, 5.41) is 0.943. The van der Waals surface area contributed by atoms with E-state index in [-0.39, 0.29) is 11.9 Å². The van der Waals surface area contributed by atoms with Gasteiger partial charge in [0, 0.05) is 24.0 Å². The number of nitrogens with two attached hydrogens (primary N) is 1. The van der Waals surface area contributed by atoms with E-state index in [4.69, 9.17) is 10.2 Å². The molecule has 1 saturated carbocycles. The zero-order chi connectivity index (χ0) is 13.9. The van der Waals surface area contributed by atoms with Crippen LogP contribution in [-0.2, 0) is 0 Å². The van der Waals surface area contributed by atoms with E-state index >= 15 is 0 Å². The molecule has 5 heteroatoms. The Kier molecular flexibility index (Phi) is 2.69. The molecule has 0 spiro atoms. The van der Waals surface area contributed by atoms with Crippen molar-refractivity contribution in [3.8, 4) is 0 Å². The Morgan fingerprint density at radius 1 is 1.45 bits per heavy atom. The Morgan fingerprint density at radius 2 is 2.30 bits per heavy atom. The monoisotopic (exact) mass is 334 g/mol. The predicted molar refractivity (Wildman–Crippen MR) is 79.4 cm³/mol. The maximum Gasteiger partial charge on any atom is 0.290 e. The smallest absolute Gasteiger partial charge is 0.290 e. The van der Waals surface area contributed by atoms with Gasteiger partial charge >= 0.3 is 0 Å². The molecule has 2 N–H and O–H groups in total. The minimum atomic E-state index is -0.0199. The van der Waals surface area contributed by atoms with E-state index in [1.165, 1.54) is 0 Å². The van der Waals surface area contributed by atoms with E-state index in [0.717, 1.165) is 28.3 Å². The lowest BCUT2D eigenvalue weighted by molar-refractivity contribution is 0.0675. The van der Waals surface area contributed by atoms with Gasteiger partial charge in [-0.05, 0) is 46.8 Å². The van der Waals surface area contributed by atoms with Crippen LogP contribution in [0.25, 0.3) is 11.0 Å². The number of hydrogen-bond acceptors (Lipinski definition) is 3. The summed E-state index contributed by atoms with van der Waals surface area (Å²) in [6.45, 7) is 0.530. The average molecular weight is 335 g/mol. The van der Waals surface area contributed by atoms with Crippen LogP contribution in [0.5, 0.6) is 0 Å². The van der Waals surface area contributed by atoms with E-state index in [1.807, 2.05) is 29.2 Å². The van der Waals surface area contributed by atoms with Crippen molar-refractivity contribution in [2.45, 2.75) is 24.9 Å². The molecule has 3 unspecified atom stereocenters. The van der Waals surface area contributed by atoms with Gasteiger partial charge in [-0.25, -0.2) is 0 Å². The van der Waals surface area contributed by atoms with Crippen molar-refractivity contribution in [1.29, 1.82) is 0 Å². The van der Waals surface area contributed by atoms with Gasteiger partial charge in [0.25, 0.3) is 5.91 Å². The Balaban J connectivity index is 1.71. The molecule has 3 atom stereocenters. The zero-order valence-corrected chi connectivity index (χ0v) is 12.5. The van der Waals surface area contributed by atoms with Crippen LogP contribution in [0.1, 0.15) is 23.4 Å². The van der Waals surface area contributed by atoms with Crippen molar-refractivity contribution >= 4 is 32.8 Å². The zero-order valence-electron chi connectivity index (χ0n) is 10.9. The normalized spacial score (nSPS) is 27.9. The van der Waals surface area contributed by atoms with Gasteiger partial charge in [-0.2, -0.15) is 0 Å². The van der Waals surface area contributed by atoms with Crippen molar-refractivity contribution in [3.05, 3.63) is 34.5 Å². The number of halogens is 1. The van der Waals surface area contributed by atoms with Gasteiger partial charge in [-0.15, -0.1) is 0 Å². The highest BCUT2D eigenvalue weighted by molar-refractivity contribution is 9.10. The quantitative estimate of drug-likeness (QED) is 0.918. The first kappa shape index (κ1) is 12.4. The summed E-state index contributed by atoms with van der Waals surface area (Å²) in [7, 11) is 0. The van der Waals surface area contributed by atoms with Crippen molar-refractivity contribution in [2.75, 3.05) is 6.54 Å². The van der Waals surface area contributed by atoms with E-state index in [0.29, 0.717) is 24.3 Å². The van der Waals surface area contributed by atoms with Gasteiger partial charge in [0.2, 0.25) is 0 Å². The SMILES string of the molecule is NCC1CC2CC2N1C(=O)c1cc2cccc(Br)c2o1. The standard InChI is InChI=1S/C15H15BrN2O2/c16-11-3-1-2-8-6-13(20-14(8)11)15(19)18-10(7-17)4-9-5-12(9)18/h1-3,6,9-10,12H,4-5,7,17H2. The van der Waals surface area contributed by atoms with Gasteiger partial charge in [-0.3, -0.25) is 4.79 Å². The number of amides is 1. The van der Waals surface area contributed by atoms with E-state index in [2.05, 4.69) is 15.9 Å². The number of carbonyl (C=O) groups is 1. The first-order chi connectivity index (χ1) is 9.69. The number of rotatable bonds is 2. The summed E-state index contributed by atoms with van der Waals surface area (Å²) in [4.78, 5) is 14.6. The minimum absolute atomic E-state index is 0.0199. The van der Waals surface area contributed by atoms with Gasteiger partial charge < -0.3 is 15.1 Å². The molecule has 4 rings (SSSR count). The molecule has 0 bridgehead atoms. The number of benzene rings is 1. The molecule has 2 aliphatic rings. The lowest BCUT2D eigenvalue weighted by Gasteiger charge is -2.25. The maximum atomic E-state index is 12.7. The second-order valence-electron chi connectivity index (χ2n) is 5.67. The molecule has 4 nitrogen and oxygen atoms in total. The number of carbonyl (C=O) groups excluding carboxylic acids is 1. The molecule has 1 aliphatic heterocycles. The Morgan fingerprint density at radius 3 is 3.05 bits per heavy atom. The molecule has 1 aromatic heterocycles. The average Bonchev–Trinajstić information content (AvgIpc) is 2.92. The van der Waals surface area contributed by atoms with Crippen LogP contribution in [0.4, 0.5) is 0 Å². The number of fused-ring (bicyclic) bond motifs is 2. The predicted octanol–water partition coefficient (Wildman–Crippen LogP) is 2.76. The summed E-state index contributed by atoms with van der Waals surface area (Å²) < 4.78 is 6.62. The van der Waals surface area contributed by atoms with Gasteiger partial charge in [-0.1, -0.05) is 12.1 Å². The second kappa shape index (κ2) is 4.33. The largest absolute Gasteiger partial charge is 0.450 e. The van der Waals surface area contributed by atoms with Crippen LogP contribution in [0.15, 0.2) is 33.2 Å². The molecule has 1 aromatic carbocycles. The third kappa shape index (κ3) is 1.73. The molecule has 0 radical (unpaired) electrons. The van der Waals surface area contributed by atoms with Crippen molar-refractivity contribution in [3.63, 3.8) is 0 Å². The molecule has 1 amide bonds. The van der Waals surface area contributed by atoms with Crippen LogP contribution in [0, 0.1) is 5.92 Å². The maximum absolute atomic E-state index is 12.7. The van der Waals surface area contributed by atoms with Crippen LogP contribution < -0.4 is 5.73 Å². The number of furan rings is 1. The highest BCUT2D eigenvalue weighted by Crippen LogP contribution is 2.48. The van der Waals surface area contributed by atoms with Crippen LogP contribution >= 0.6 is 15.9 Å². The van der Waals surface area contributed by atoms with Gasteiger partial charge in [0.15, 0.2) is 5.76 Å². The lowest BCUT2D eigenvalue weighted by Crippen LogP contribution is -2.42. The first-order valence-corrected chi connectivity index (χ1v) is 7.69. The minimum Gasteiger partial charge on any atom is -0.450 e. The summed E-state index contributed by atoms with van der Waals surface area (Å²) in [5.41, 5.74) is 6.52. The second-order valence-corrected chi connectivity index (χ2v) is 6.52. The summed E-state index contributed by atoms with van der Waals surface area (Å²) in [6.07, 6.45) is 2.16. The molecule has 2 heterocycles. The number of nitrogens with zero attached hydrogens (tertiary/aromatic N) is 1. The van der Waals surface area contributed by atoms with E-state index in [1.54, 1.807) is 0 Å². The molecular weight excluding hydrogens is 320 g/mol. The number of para-hydroxylation sites is 1. The molecular formula is C15H15BrN2O2. The summed E-state index contributed by atoms with van der Waals surface area (Å²) in [5.74, 6) is 1.05. The number of hydrogen-bond donors (Lipinski definition) is 1. The first-order valence-electron chi connectivity index (χ1n) is 6.90. The van der Waals surface area contributed by atoms with E-state index < -0.39 is 0 Å². The Bertz CT molecular complexity index is 696. The van der Waals surface area contributed by atoms with Crippen molar-refractivity contribution in [1.82, 2.24) is 4.90 Å². The molecule has 1 aliphatic carbocycles. The van der Waals surface area contributed by atoms with Crippen molar-refractivity contribution in [2.24, 2.45) is 11.7 Å². The highest BCUT2D eigenvalue weighted by Gasteiger charge is 2.53. The summed E-state index contributed by atoms with van der Waals surface area (Å²) in [6, 6.07) is 8.17. The van der Waals surface area contributed by atoms with Gasteiger partial charge in [0.1, 0.15) is 5.58 Å². The Hall–Kier alpha value is -1.33. The molecule has 2 aromatic rings. The lowest BCUT2D eigenvalue weighted by atomic mass is 10.1. The topological polar surface area (TPSA) is 59.5 Å². The molecule has 1 saturated heterocycles. The van der Waals surface area contributed by atoms with Crippen LogP contribution in [0.2, 0.25) is 0 Å². The fraction of sp³-hybridized carbons (Fsp3) is 0.400. The summed E-state index contributed by atoms with van der Waals surface area (Å²) >= 11 is 3.45. The fourth-order valence-corrected chi connectivity index (χ4v) is 3.81. The Labute approximate surface area is 125 Å². The fourth-order valence-electron chi connectivity index (χ4n) is 3.35. The van der Waals surface area contributed by atoms with Crippen LogP contribution in [0.3, 0.4) is 0 Å².